The lowest BCUT2D eigenvalue weighted by Crippen LogP contribution is -2.32. The first-order chi connectivity index (χ1) is 7.28. The van der Waals surface area contributed by atoms with Crippen LogP contribution in [-0.4, -0.2) is 10.7 Å². The molecular weight excluding hydrogens is 196 g/mol. The number of aliphatic hydroxyl groups is 1. The van der Waals surface area contributed by atoms with E-state index in [1.807, 2.05) is 6.92 Å². The van der Waals surface area contributed by atoms with Crippen molar-refractivity contribution in [3.05, 3.63) is 24.8 Å². The molecule has 0 aromatic carbocycles. The van der Waals surface area contributed by atoms with Gasteiger partial charge in [0, 0.05) is 0 Å². The van der Waals surface area contributed by atoms with E-state index >= 15 is 0 Å². The van der Waals surface area contributed by atoms with Crippen molar-refractivity contribution < 1.29 is 5.11 Å². The van der Waals surface area contributed by atoms with Gasteiger partial charge in [-0.3, -0.25) is 0 Å². The quantitative estimate of drug-likeness (QED) is 0.710. The van der Waals surface area contributed by atoms with Crippen LogP contribution in [0, 0.1) is 11.3 Å². The van der Waals surface area contributed by atoms with Crippen LogP contribution in [0.4, 0.5) is 0 Å². The molecule has 0 bridgehead atoms. The molecule has 1 nitrogen and oxygen atoms in total. The molecule has 0 heterocycles. The van der Waals surface area contributed by atoms with Gasteiger partial charge in [-0.2, -0.15) is 0 Å². The van der Waals surface area contributed by atoms with E-state index in [0.717, 1.165) is 19.3 Å². The normalized spacial score (nSPS) is 28.5. The Morgan fingerprint density at radius 1 is 1.56 bits per heavy atom. The van der Waals surface area contributed by atoms with Crippen LogP contribution >= 0.6 is 0 Å². The second kappa shape index (κ2) is 4.75. The summed E-state index contributed by atoms with van der Waals surface area (Å²) in [5.41, 5.74) is 0.983. The smallest absolute Gasteiger partial charge is 0.0797 e. The SMILES string of the molecule is C=C[C@](C)(O)CC[C@@H]1C(=C)CCCC1(C)C. The molecule has 16 heavy (non-hydrogen) atoms. The molecule has 1 rings (SSSR count). The zero-order chi connectivity index (χ0) is 12.4. The van der Waals surface area contributed by atoms with Gasteiger partial charge in [-0.25, -0.2) is 0 Å². The first-order valence-corrected chi connectivity index (χ1v) is 6.32. The van der Waals surface area contributed by atoms with Gasteiger partial charge in [0.1, 0.15) is 0 Å². The molecule has 0 saturated heterocycles. The van der Waals surface area contributed by atoms with E-state index in [0.29, 0.717) is 11.3 Å². The van der Waals surface area contributed by atoms with E-state index in [-0.39, 0.29) is 0 Å². The topological polar surface area (TPSA) is 20.2 Å². The van der Waals surface area contributed by atoms with Gasteiger partial charge in [0.25, 0.3) is 0 Å². The minimum absolute atomic E-state index is 0.340. The Morgan fingerprint density at radius 2 is 2.19 bits per heavy atom. The fourth-order valence-corrected chi connectivity index (χ4v) is 2.81. The van der Waals surface area contributed by atoms with Crippen LogP contribution in [0.3, 0.4) is 0 Å². The molecule has 1 fully saturated rings. The molecule has 1 aliphatic carbocycles. The van der Waals surface area contributed by atoms with Gasteiger partial charge in [-0.05, 0) is 50.4 Å². The third-order valence-electron chi connectivity index (χ3n) is 4.13. The highest BCUT2D eigenvalue weighted by atomic mass is 16.3. The van der Waals surface area contributed by atoms with Crippen molar-refractivity contribution in [3.8, 4) is 0 Å². The molecule has 1 N–H and O–H groups in total. The minimum atomic E-state index is -0.728. The molecule has 0 aromatic rings. The van der Waals surface area contributed by atoms with Crippen molar-refractivity contribution in [1.82, 2.24) is 0 Å². The standard InChI is InChI=1S/C15H26O/c1-6-15(5,16)11-9-13-12(2)8-7-10-14(13,3)4/h6,13,16H,1-2,7-11H2,3-5H3/t13-,15+/m1/s1. The molecule has 0 aromatic heterocycles. The number of rotatable bonds is 4. The third kappa shape index (κ3) is 3.21. The number of hydrogen-bond donors (Lipinski definition) is 1. The predicted octanol–water partition coefficient (Wildman–Crippen LogP) is 4.09. The van der Waals surface area contributed by atoms with Gasteiger partial charge in [0.2, 0.25) is 0 Å². The highest BCUT2D eigenvalue weighted by molar-refractivity contribution is 5.10. The van der Waals surface area contributed by atoms with E-state index in [1.165, 1.54) is 18.4 Å². The summed E-state index contributed by atoms with van der Waals surface area (Å²) in [5, 5.41) is 9.96. The molecule has 0 unspecified atom stereocenters. The summed E-state index contributed by atoms with van der Waals surface area (Å²) in [6.07, 6.45) is 7.14. The van der Waals surface area contributed by atoms with Gasteiger partial charge in [0.15, 0.2) is 0 Å². The van der Waals surface area contributed by atoms with E-state index in [2.05, 4.69) is 27.0 Å². The Kier molecular flexibility index (Phi) is 4.01. The van der Waals surface area contributed by atoms with Gasteiger partial charge in [-0.15, -0.1) is 6.58 Å². The van der Waals surface area contributed by atoms with Crippen LogP contribution in [0.2, 0.25) is 0 Å². The second-order valence-electron chi connectivity index (χ2n) is 6.15. The van der Waals surface area contributed by atoms with E-state index in [4.69, 9.17) is 0 Å². The van der Waals surface area contributed by atoms with Crippen molar-refractivity contribution >= 4 is 0 Å². The fourth-order valence-electron chi connectivity index (χ4n) is 2.81. The Hall–Kier alpha value is -0.560. The third-order valence-corrected chi connectivity index (χ3v) is 4.13. The highest BCUT2D eigenvalue weighted by Crippen LogP contribution is 2.45. The average Bonchev–Trinajstić information content (AvgIpc) is 2.16. The van der Waals surface area contributed by atoms with Crippen LogP contribution in [-0.2, 0) is 0 Å². The van der Waals surface area contributed by atoms with E-state index in [9.17, 15) is 5.11 Å². The monoisotopic (exact) mass is 222 g/mol. The maximum absolute atomic E-state index is 9.96. The largest absolute Gasteiger partial charge is 0.386 e. The summed E-state index contributed by atoms with van der Waals surface area (Å²) in [6, 6.07) is 0. The molecule has 0 aliphatic heterocycles. The summed E-state index contributed by atoms with van der Waals surface area (Å²) in [4.78, 5) is 0. The van der Waals surface area contributed by atoms with Crippen molar-refractivity contribution in [2.24, 2.45) is 11.3 Å². The molecule has 0 amide bonds. The summed E-state index contributed by atoms with van der Waals surface area (Å²) >= 11 is 0. The molecule has 1 heteroatoms. The first-order valence-electron chi connectivity index (χ1n) is 6.32. The molecule has 1 aliphatic rings. The van der Waals surface area contributed by atoms with E-state index in [1.54, 1.807) is 6.08 Å². The van der Waals surface area contributed by atoms with Crippen molar-refractivity contribution in [2.45, 2.75) is 58.5 Å². The lowest BCUT2D eigenvalue weighted by Gasteiger charge is -2.41. The zero-order valence-electron chi connectivity index (χ0n) is 11.1. The zero-order valence-corrected chi connectivity index (χ0v) is 11.1. The van der Waals surface area contributed by atoms with Crippen LogP contribution in [0.25, 0.3) is 0 Å². The maximum atomic E-state index is 9.96. The molecule has 92 valence electrons. The summed E-state index contributed by atoms with van der Waals surface area (Å²) < 4.78 is 0. The summed E-state index contributed by atoms with van der Waals surface area (Å²) in [6.45, 7) is 14.4. The van der Waals surface area contributed by atoms with Crippen LogP contribution < -0.4 is 0 Å². The first kappa shape index (κ1) is 13.5. The fraction of sp³-hybridized carbons (Fsp3) is 0.733. The predicted molar refractivity (Wildman–Crippen MR) is 70.3 cm³/mol. The van der Waals surface area contributed by atoms with Crippen molar-refractivity contribution in [2.75, 3.05) is 0 Å². The highest BCUT2D eigenvalue weighted by Gasteiger charge is 2.35. The summed E-state index contributed by atoms with van der Waals surface area (Å²) in [5.74, 6) is 0.549. The van der Waals surface area contributed by atoms with Crippen LogP contribution in [0.15, 0.2) is 24.8 Å². The molecular formula is C15H26O. The van der Waals surface area contributed by atoms with Gasteiger partial charge in [0.05, 0.1) is 5.60 Å². The summed E-state index contributed by atoms with van der Waals surface area (Å²) in [7, 11) is 0. The molecule has 2 atom stereocenters. The van der Waals surface area contributed by atoms with Gasteiger partial charge < -0.3 is 5.11 Å². The van der Waals surface area contributed by atoms with Gasteiger partial charge in [-0.1, -0.05) is 32.1 Å². The molecule has 1 saturated carbocycles. The van der Waals surface area contributed by atoms with E-state index < -0.39 is 5.60 Å². The Morgan fingerprint density at radius 3 is 2.69 bits per heavy atom. The molecule has 0 spiro atoms. The van der Waals surface area contributed by atoms with Crippen molar-refractivity contribution in [1.29, 1.82) is 0 Å². The van der Waals surface area contributed by atoms with Crippen molar-refractivity contribution in [3.63, 3.8) is 0 Å². The van der Waals surface area contributed by atoms with Crippen LogP contribution in [0.5, 0.6) is 0 Å². The molecule has 0 radical (unpaired) electrons. The lowest BCUT2D eigenvalue weighted by atomic mass is 9.64. The average molecular weight is 222 g/mol. The Labute approximate surface area is 100 Å². The van der Waals surface area contributed by atoms with Crippen LogP contribution in [0.1, 0.15) is 52.9 Å². The minimum Gasteiger partial charge on any atom is -0.386 e. The lowest BCUT2D eigenvalue weighted by molar-refractivity contribution is 0.0796. The number of allylic oxidation sites excluding steroid dienone is 1. The number of hydrogen-bond acceptors (Lipinski definition) is 1. The van der Waals surface area contributed by atoms with Gasteiger partial charge >= 0.3 is 0 Å². The maximum Gasteiger partial charge on any atom is 0.0797 e. The Balaban J connectivity index is 2.63. The second-order valence-corrected chi connectivity index (χ2v) is 6.15. The Bertz CT molecular complexity index is 273.